The zero-order valence-electron chi connectivity index (χ0n) is 14.1. The van der Waals surface area contributed by atoms with Crippen molar-refractivity contribution in [3.63, 3.8) is 0 Å². The SMILES string of the molecule is Oc1c([C@@H](Nc2ccccn2)c2ccccc2Br)cc(Cl)c2cccnc12. The molecule has 27 heavy (non-hydrogen) atoms. The van der Waals surface area contributed by atoms with Gasteiger partial charge in [0.05, 0.1) is 11.1 Å². The van der Waals surface area contributed by atoms with Gasteiger partial charge in [0, 0.05) is 27.8 Å². The van der Waals surface area contributed by atoms with E-state index in [1.807, 2.05) is 48.5 Å². The Balaban J connectivity index is 1.92. The Kier molecular flexibility index (Phi) is 4.97. The molecular weight excluding hydrogens is 426 g/mol. The topological polar surface area (TPSA) is 58.0 Å². The Bertz CT molecular complexity index is 1110. The summed E-state index contributed by atoms with van der Waals surface area (Å²) in [5.74, 6) is 0.786. The lowest BCUT2D eigenvalue weighted by atomic mass is 9.96. The Morgan fingerprint density at radius 2 is 1.70 bits per heavy atom. The molecule has 0 fully saturated rings. The number of aromatic hydroxyl groups is 1. The fraction of sp³-hybridized carbons (Fsp3) is 0.0476. The number of benzene rings is 2. The zero-order valence-corrected chi connectivity index (χ0v) is 16.4. The van der Waals surface area contributed by atoms with Gasteiger partial charge in [-0.2, -0.15) is 0 Å². The number of aromatic nitrogens is 2. The second-order valence-corrected chi connectivity index (χ2v) is 7.27. The van der Waals surface area contributed by atoms with Crippen molar-refractivity contribution >= 4 is 44.3 Å². The summed E-state index contributed by atoms with van der Waals surface area (Å²) in [5.41, 5.74) is 2.05. The number of halogens is 2. The minimum Gasteiger partial charge on any atom is -0.505 e. The van der Waals surface area contributed by atoms with Gasteiger partial charge in [0.2, 0.25) is 0 Å². The minimum absolute atomic E-state index is 0.0965. The van der Waals surface area contributed by atoms with E-state index in [4.69, 9.17) is 11.6 Å². The van der Waals surface area contributed by atoms with Crippen molar-refractivity contribution in [1.82, 2.24) is 9.97 Å². The summed E-state index contributed by atoms with van der Waals surface area (Å²) in [6, 6.07) is 18.5. The van der Waals surface area contributed by atoms with Gasteiger partial charge in [0.25, 0.3) is 0 Å². The molecule has 0 amide bonds. The smallest absolute Gasteiger partial charge is 0.147 e. The van der Waals surface area contributed by atoms with Crippen LogP contribution in [0.3, 0.4) is 0 Å². The predicted octanol–water partition coefficient (Wildman–Crippen LogP) is 5.95. The number of nitrogens with zero attached hydrogens (tertiary/aromatic N) is 2. The van der Waals surface area contributed by atoms with Crippen LogP contribution in [0.5, 0.6) is 5.75 Å². The molecule has 0 saturated carbocycles. The fourth-order valence-electron chi connectivity index (χ4n) is 3.05. The molecule has 0 radical (unpaired) electrons. The maximum atomic E-state index is 11.0. The molecule has 0 aliphatic heterocycles. The second kappa shape index (κ2) is 7.55. The van der Waals surface area contributed by atoms with Gasteiger partial charge < -0.3 is 10.4 Å². The fourth-order valence-corrected chi connectivity index (χ4v) is 3.84. The van der Waals surface area contributed by atoms with Gasteiger partial charge in [-0.05, 0) is 42.0 Å². The second-order valence-electron chi connectivity index (χ2n) is 6.01. The van der Waals surface area contributed by atoms with E-state index in [2.05, 4.69) is 31.2 Å². The Morgan fingerprint density at radius 1 is 0.926 bits per heavy atom. The average Bonchev–Trinajstić information content (AvgIpc) is 2.71. The Morgan fingerprint density at radius 3 is 2.48 bits per heavy atom. The number of hydrogen-bond acceptors (Lipinski definition) is 4. The first kappa shape index (κ1) is 17.8. The maximum absolute atomic E-state index is 11.0. The molecular formula is C21H15BrClN3O. The van der Waals surface area contributed by atoms with E-state index in [1.54, 1.807) is 24.5 Å². The largest absolute Gasteiger partial charge is 0.505 e. The van der Waals surface area contributed by atoms with Crippen LogP contribution in [0.25, 0.3) is 10.9 Å². The number of pyridine rings is 2. The number of phenols is 1. The molecule has 6 heteroatoms. The molecule has 134 valence electrons. The van der Waals surface area contributed by atoms with Crippen LogP contribution >= 0.6 is 27.5 Å². The van der Waals surface area contributed by atoms with Crippen molar-refractivity contribution in [2.45, 2.75) is 6.04 Å². The van der Waals surface area contributed by atoms with Gasteiger partial charge in [0.1, 0.15) is 17.1 Å². The molecule has 2 aromatic heterocycles. The summed E-state index contributed by atoms with van der Waals surface area (Å²) in [5, 5.41) is 15.6. The number of hydrogen-bond donors (Lipinski definition) is 2. The van der Waals surface area contributed by atoms with E-state index in [-0.39, 0.29) is 11.8 Å². The highest BCUT2D eigenvalue weighted by Gasteiger charge is 2.23. The number of rotatable bonds is 4. The summed E-state index contributed by atoms with van der Waals surface area (Å²) in [4.78, 5) is 8.68. The molecule has 2 heterocycles. The molecule has 4 aromatic rings. The molecule has 2 aromatic carbocycles. The normalized spacial score (nSPS) is 12.1. The monoisotopic (exact) mass is 439 g/mol. The van der Waals surface area contributed by atoms with Crippen molar-refractivity contribution in [2.24, 2.45) is 0 Å². The lowest BCUT2D eigenvalue weighted by Crippen LogP contribution is -2.14. The van der Waals surface area contributed by atoms with E-state index in [0.29, 0.717) is 27.3 Å². The van der Waals surface area contributed by atoms with Crippen LogP contribution in [0.4, 0.5) is 5.82 Å². The predicted molar refractivity (Wildman–Crippen MR) is 112 cm³/mol. The van der Waals surface area contributed by atoms with Crippen molar-refractivity contribution in [2.75, 3.05) is 5.32 Å². The first-order valence-corrected chi connectivity index (χ1v) is 9.50. The van der Waals surface area contributed by atoms with Gasteiger partial charge in [-0.3, -0.25) is 4.98 Å². The molecule has 0 aliphatic rings. The van der Waals surface area contributed by atoms with E-state index < -0.39 is 0 Å². The lowest BCUT2D eigenvalue weighted by Gasteiger charge is -2.23. The summed E-state index contributed by atoms with van der Waals surface area (Å²) >= 11 is 10.1. The van der Waals surface area contributed by atoms with Gasteiger partial charge >= 0.3 is 0 Å². The summed E-state index contributed by atoms with van der Waals surface area (Å²) in [7, 11) is 0. The molecule has 0 bridgehead atoms. The van der Waals surface area contributed by atoms with E-state index in [9.17, 15) is 5.11 Å². The highest BCUT2D eigenvalue weighted by molar-refractivity contribution is 9.10. The molecule has 0 saturated heterocycles. The van der Waals surface area contributed by atoms with Gasteiger partial charge in [-0.25, -0.2) is 4.98 Å². The molecule has 0 unspecified atom stereocenters. The van der Waals surface area contributed by atoms with Crippen molar-refractivity contribution < 1.29 is 5.11 Å². The maximum Gasteiger partial charge on any atom is 0.147 e. The number of phenolic OH excluding ortho intramolecular Hbond substituents is 1. The standard InChI is InChI=1S/C21H15BrClN3O/c22-16-8-2-1-6-13(16)19(26-18-9-3-4-10-24-18)15-12-17(23)14-7-5-11-25-20(14)21(15)27/h1-12,19,27H,(H,24,26)/t19-/m0/s1. The Hall–Kier alpha value is -2.63. The molecule has 4 rings (SSSR count). The van der Waals surface area contributed by atoms with Crippen LogP contribution in [0, 0.1) is 0 Å². The molecule has 2 N–H and O–H groups in total. The third kappa shape index (κ3) is 3.48. The van der Waals surface area contributed by atoms with E-state index >= 15 is 0 Å². The van der Waals surface area contributed by atoms with Crippen molar-refractivity contribution in [3.05, 3.63) is 93.7 Å². The van der Waals surface area contributed by atoms with Crippen LogP contribution in [0.2, 0.25) is 5.02 Å². The van der Waals surface area contributed by atoms with Crippen molar-refractivity contribution in [3.8, 4) is 5.75 Å². The highest BCUT2D eigenvalue weighted by atomic mass is 79.9. The first-order valence-electron chi connectivity index (χ1n) is 8.33. The summed E-state index contributed by atoms with van der Waals surface area (Å²) in [6.45, 7) is 0. The third-order valence-electron chi connectivity index (χ3n) is 4.33. The van der Waals surface area contributed by atoms with E-state index in [0.717, 1.165) is 10.0 Å². The minimum atomic E-state index is -0.376. The zero-order chi connectivity index (χ0) is 18.8. The molecule has 0 aliphatic carbocycles. The lowest BCUT2D eigenvalue weighted by molar-refractivity contribution is 0.471. The van der Waals surface area contributed by atoms with Crippen molar-refractivity contribution in [1.29, 1.82) is 0 Å². The number of anilines is 1. The van der Waals surface area contributed by atoms with Crippen LogP contribution in [-0.4, -0.2) is 15.1 Å². The molecule has 1 atom stereocenters. The number of fused-ring (bicyclic) bond motifs is 1. The van der Waals surface area contributed by atoms with Crippen LogP contribution in [0.1, 0.15) is 17.2 Å². The van der Waals surface area contributed by atoms with Gasteiger partial charge in [0.15, 0.2) is 0 Å². The molecule has 0 spiro atoms. The molecule has 4 nitrogen and oxygen atoms in total. The van der Waals surface area contributed by atoms with Gasteiger partial charge in [-0.1, -0.05) is 51.8 Å². The third-order valence-corrected chi connectivity index (χ3v) is 5.36. The Labute approximate surface area is 170 Å². The van der Waals surface area contributed by atoms with Gasteiger partial charge in [-0.15, -0.1) is 0 Å². The van der Waals surface area contributed by atoms with E-state index in [1.165, 1.54) is 0 Å². The summed E-state index contributed by atoms with van der Waals surface area (Å²) in [6.07, 6.45) is 3.36. The van der Waals surface area contributed by atoms with Crippen LogP contribution in [0.15, 0.2) is 77.5 Å². The quantitative estimate of drug-likeness (QED) is 0.411. The number of nitrogens with one attached hydrogen (secondary N) is 1. The average molecular weight is 441 g/mol. The van der Waals surface area contributed by atoms with Crippen LogP contribution in [-0.2, 0) is 0 Å². The first-order chi connectivity index (χ1) is 13.1. The summed E-state index contributed by atoms with van der Waals surface area (Å²) < 4.78 is 0.912. The highest BCUT2D eigenvalue weighted by Crippen LogP contribution is 2.41. The van der Waals surface area contributed by atoms with Crippen LogP contribution < -0.4 is 5.32 Å².